The Morgan fingerprint density at radius 3 is 2.43 bits per heavy atom. The van der Waals surface area contributed by atoms with Crippen LogP contribution in [0.15, 0.2) is 0 Å². The molecule has 1 N–H and O–H groups in total. The molecule has 0 amide bonds. The van der Waals surface area contributed by atoms with E-state index in [9.17, 15) is 8.78 Å². The first-order valence-electron chi connectivity index (χ1n) is 7.97. The molecule has 1 saturated heterocycles. The molecule has 1 heterocycles. The van der Waals surface area contributed by atoms with Crippen LogP contribution >= 0.6 is 0 Å². The quantitative estimate of drug-likeness (QED) is 0.660. The fourth-order valence-electron chi connectivity index (χ4n) is 3.39. The van der Waals surface area contributed by atoms with Crippen LogP contribution in [0.25, 0.3) is 0 Å². The van der Waals surface area contributed by atoms with E-state index < -0.39 is 13.0 Å². The maximum atomic E-state index is 12.1. The number of rotatable bonds is 9. The zero-order valence-electron chi connectivity index (χ0n) is 14.0. The van der Waals surface area contributed by atoms with Gasteiger partial charge in [0.25, 0.3) is 6.43 Å². The van der Waals surface area contributed by atoms with Crippen molar-refractivity contribution in [2.45, 2.75) is 77.6 Å². The van der Waals surface area contributed by atoms with Gasteiger partial charge in [0.05, 0.1) is 11.2 Å². The van der Waals surface area contributed by atoms with Gasteiger partial charge in [-0.1, -0.05) is 6.92 Å². The Bertz CT molecular complexity index is 309. The maximum absolute atomic E-state index is 12.1. The van der Waals surface area contributed by atoms with Crippen LogP contribution in [0.1, 0.15) is 53.9 Å². The van der Waals surface area contributed by atoms with E-state index in [2.05, 4.69) is 39.9 Å². The summed E-state index contributed by atoms with van der Waals surface area (Å²) in [5.74, 6) is 0.356. The van der Waals surface area contributed by atoms with E-state index in [0.29, 0.717) is 12.5 Å². The molecule has 0 aromatic rings. The van der Waals surface area contributed by atoms with Crippen LogP contribution in [0.4, 0.5) is 8.78 Å². The highest BCUT2D eigenvalue weighted by Crippen LogP contribution is 2.44. The molecule has 0 aromatic heterocycles. The molecule has 1 aliphatic heterocycles. The SMILES string of the molecule is CCCNC(CCOCC(F)F)C1CC(C)(C)OC1(C)C. The van der Waals surface area contributed by atoms with Crippen molar-refractivity contribution in [3.8, 4) is 0 Å². The topological polar surface area (TPSA) is 30.5 Å². The molecule has 2 unspecified atom stereocenters. The Morgan fingerprint density at radius 2 is 1.95 bits per heavy atom. The first-order chi connectivity index (χ1) is 9.68. The third-order valence-electron chi connectivity index (χ3n) is 4.10. The van der Waals surface area contributed by atoms with Crippen molar-refractivity contribution in [1.82, 2.24) is 5.32 Å². The molecule has 0 aromatic carbocycles. The highest BCUT2D eigenvalue weighted by Gasteiger charge is 2.48. The molecule has 126 valence electrons. The maximum Gasteiger partial charge on any atom is 0.261 e. The number of halogens is 2. The second-order valence-electron chi connectivity index (χ2n) is 7.09. The fourth-order valence-corrected chi connectivity index (χ4v) is 3.39. The van der Waals surface area contributed by atoms with E-state index in [1.165, 1.54) is 0 Å². The minimum Gasteiger partial charge on any atom is -0.375 e. The summed E-state index contributed by atoms with van der Waals surface area (Å²) in [5, 5.41) is 3.55. The minimum absolute atomic E-state index is 0.135. The summed E-state index contributed by atoms with van der Waals surface area (Å²) in [6, 6.07) is 0.236. The number of alkyl halides is 2. The third kappa shape index (κ3) is 6.17. The van der Waals surface area contributed by atoms with Crippen molar-refractivity contribution in [3.63, 3.8) is 0 Å². The molecule has 0 saturated carbocycles. The smallest absolute Gasteiger partial charge is 0.261 e. The van der Waals surface area contributed by atoms with Gasteiger partial charge in [-0.15, -0.1) is 0 Å². The van der Waals surface area contributed by atoms with Gasteiger partial charge in [0.15, 0.2) is 0 Å². The summed E-state index contributed by atoms with van der Waals surface area (Å²) >= 11 is 0. The minimum atomic E-state index is -2.39. The molecule has 0 bridgehead atoms. The lowest BCUT2D eigenvalue weighted by Gasteiger charge is -2.33. The molecule has 3 nitrogen and oxygen atoms in total. The van der Waals surface area contributed by atoms with Crippen LogP contribution in [0.2, 0.25) is 0 Å². The first-order valence-corrected chi connectivity index (χ1v) is 7.97. The molecule has 0 radical (unpaired) electrons. The van der Waals surface area contributed by atoms with E-state index in [0.717, 1.165) is 25.8 Å². The average Bonchev–Trinajstić information content (AvgIpc) is 2.56. The molecule has 1 fully saturated rings. The normalized spacial score (nSPS) is 25.4. The second-order valence-corrected chi connectivity index (χ2v) is 7.09. The van der Waals surface area contributed by atoms with Crippen LogP contribution in [0.5, 0.6) is 0 Å². The average molecular weight is 307 g/mol. The zero-order valence-corrected chi connectivity index (χ0v) is 14.0. The van der Waals surface area contributed by atoms with Gasteiger partial charge in [-0.05, 0) is 53.5 Å². The lowest BCUT2D eigenvalue weighted by Crippen LogP contribution is -2.45. The first kappa shape index (κ1) is 18.8. The summed E-state index contributed by atoms with van der Waals surface area (Å²) in [7, 11) is 0. The van der Waals surface area contributed by atoms with Crippen molar-refractivity contribution < 1.29 is 18.3 Å². The van der Waals surface area contributed by atoms with Crippen molar-refractivity contribution in [3.05, 3.63) is 0 Å². The predicted molar refractivity (Wildman–Crippen MR) is 80.9 cm³/mol. The Hall–Kier alpha value is -0.260. The molecule has 5 heteroatoms. The molecule has 21 heavy (non-hydrogen) atoms. The van der Waals surface area contributed by atoms with E-state index in [1.807, 2.05) is 0 Å². The lowest BCUT2D eigenvalue weighted by atomic mass is 9.80. The van der Waals surface area contributed by atoms with Gasteiger partial charge in [-0.3, -0.25) is 0 Å². The number of hydrogen-bond acceptors (Lipinski definition) is 3. The summed E-state index contributed by atoms with van der Waals surface area (Å²) in [4.78, 5) is 0. The number of ether oxygens (including phenoxy) is 2. The predicted octanol–water partition coefficient (Wildman–Crippen LogP) is 3.62. The van der Waals surface area contributed by atoms with Gasteiger partial charge < -0.3 is 14.8 Å². The summed E-state index contributed by atoms with van der Waals surface area (Å²) in [6.45, 7) is 11.4. The van der Waals surface area contributed by atoms with Gasteiger partial charge >= 0.3 is 0 Å². The molecular formula is C16H31F2NO2. The van der Waals surface area contributed by atoms with E-state index >= 15 is 0 Å². The summed E-state index contributed by atoms with van der Waals surface area (Å²) in [5.41, 5.74) is -0.345. The molecule has 2 atom stereocenters. The van der Waals surface area contributed by atoms with Crippen LogP contribution in [-0.4, -0.2) is 43.4 Å². The molecular weight excluding hydrogens is 276 g/mol. The Labute approximate surface area is 127 Å². The largest absolute Gasteiger partial charge is 0.375 e. The van der Waals surface area contributed by atoms with Gasteiger partial charge in [0.2, 0.25) is 0 Å². The van der Waals surface area contributed by atoms with Crippen LogP contribution in [-0.2, 0) is 9.47 Å². The molecule has 0 spiro atoms. The summed E-state index contributed by atoms with van der Waals surface area (Å²) < 4.78 is 35.5. The molecule has 0 aliphatic carbocycles. The molecule has 1 aliphatic rings. The Balaban J connectivity index is 2.59. The molecule has 1 rings (SSSR count). The van der Waals surface area contributed by atoms with E-state index in [1.54, 1.807) is 0 Å². The Morgan fingerprint density at radius 1 is 1.29 bits per heavy atom. The third-order valence-corrected chi connectivity index (χ3v) is 4.10. The van der Waals surface area contributed by atoms with Gasteiger partial charge in [0.1, 0.15) is 6.61 Å². The lowest BCUT2D eigenvalue weighted by molar-refractivity contribution is -0.0788. The van der Waals surface area contributed by atoms with Crippen molar-refractivity contribution in [1.29, 1.82) is 0 Å². The highest BCUT2D eigenvalue weighted by atomic mass is 19.3. The van der Waals surface area contributed by atoms with Crippen LogP contribution in [0, 0.1) is 5.92 Å². The Kier molecular flexibility index (Phi) is 7.01. The second kappa shape index (κ2) is 7.84. The number of nitrogens with one attached hydrogen (secondary N) is 1. The number of hydrogen-bond donors (Lipinski definition) is 1. The van der Waals surface area contributed by atoms with Gasteiger partial charge in [-0.25, -0.2) is 8.78 Å². The van der Waals surface area contributed by atoms with Crippen LogP contribution in [0.3, 0.4) is 0 Å². The van der Waals surface area contributed by atoms with Crippen molar-refractivity contribution in [2.24, 2.45) is 5.92 Å². The monoisotopic (exact) mass is 307 g/mol. The van der Waals surface area contributed by atoms with Crippen molar-refractivity contribution in [2.75, 3.05) is 19.8 Å². The fraction of sp³-hybridized carbons (Fsp3) is 1.00. The van der Waals surface area contributed by atoms with Crippen molar-refractivity contribution >= 4 is 0 Å². The van der Waals surface area contributed by atoms with E-state index in [-0.39, 0.29) is 17.2 Å². The van der Waals surface area contributed by atoms with Gasteiger partial charge in [0, 0.05) is 18.6 Å². The standard InChI is InChI=1S/C16H31F2NO2/c1-6-8-19-13(7-9-20-11-14(17)18)12-10-15(2,3)21-16(12,4)5/h12-14,19H,6-11H2,1-5H3. The van der Waals surface area contributed by atoms with Gasteiger partial charge in [-0.2, -0.15) is 0 Å². The highest BCUT2D eigenvalue weighted by molar-refractivity contribution is 4.99. The zero-order chi connectivity index (χ0) is 16.1. The van der Waals surface area contributed by atoms with Crippen LogP contribution < -0.4 is 5.32 Å². The van der Waals surface area contributed by atoms with E-state index in [4.69, 9.17) is 9.47 Å². The summed E-state index contributed by atoms with van der Waals surface area (Å²) in [6.07, 6.45) is 0.361.